The van der Waals surface area contributed by atoms with Gasteiger partial charge in [-0.25, -0.2) is 0 Å². The second kappa shape index (κ2) is 6.76. The number of rotatable bonds is 5. The molecule has 0 aliphatic heterocycles. The lowest BCUT2D eigenvalue weighted by atomic mass is 10.1. The number of nitrogens with one attached hydrogen (secondary N) is 1. The standard InChI is InChI=1S/C14H21ClN2O/c1-5-17(4)14(18)11(3)16-9-12-7-6-10(2)13(15)8-12/h6-8,11,16H,5,9H2,1-4H3. The van der Waals surface area contributed by atoms with Crippen LogP contribution in [-0.2, 0) is 11.3 Å². The van der Waals surface area contributed by atoms with Crippen LogP contribution in [0.1, 0.15) is 25.0 Å². The van der Waals surface area contributed by atoms with Crippen LogP contribution in [0.15, 0.2) is 18.2 Å². The molecule has 0 fully saturated rings. The van der Waals surface area contributed by atoms with Crippen molar-refractivity contribution in [3.8, 4) is 0 Å². The Hall–Kier alpha value is -1.06. The summed E-state index contributed by atoms with van der Waals surface area (Å²) in [5.41, 5.74) is 2.15. The average Bonchev–Trinajstić information content (AvgIpc) is 2.37. The molecule has 0 radical (unpaired) electrons. The van der Waals surface area contributed by atoms with Gasteiger partial charge in [-0.3, -0.25) is 4.79 Å². The predicted molar refractivity (Wildman–Crippen MR) is 75.8 cm³/mol. The summed E-state index contributed by atoms with van der Waals surface area (Å²) in [5.74, 6) is 0.107. The quantitative estimate of drug-likeness (QED) is 0.890. The van der Waals surface area contributed by atoms with Gasteiger partial charge in [0.2, 0.25) is 5.91 Å². The van der Waals surface area contributed by atoms with E-state index in [4.69, 9.17) is 11.6 Å². The minimum absolute atomic E-state index is 0.107. The van der Waals surface area contributed by atoms with Crippen molar-refractivity contribution >= 4 is 17.5 Å². The third kappa shape index (κ3) is 4.00. The maximum absolute atomic E-state index is 11.9. The third-order valence-corrected chi connectivity index (χ3v) is 3.48. The monoisotopic (exact) mass is 268 g/mol. The Kier molecular flexibility index (Phi) is 5.63. The average molecular weight is 269 g/mol. The molecule has 18 heavy (non-hydrogen) atoms. The Morgan fingerprint density at radius 1 is 1.50 bits per heavy atom. The molecule has 0 spiro atoms. The van der Waals surface area contributed by atoms with Crippen molar-refractivity contribution in [2.45, 2.75) is 33.4 Å². The summed E-state index contributed by atoms with van der Waals surface area (Å²) in [7, 11) is 1.81. The molecule has 0 saturated heterocycles. The molecule has 4 heteroatoms. The topological polar surface area (TPSA) is 32.3 Å². The van der Waals surface area contributed by atoms with E-state index in [2.05, 4.69) is 5.32 Å². The molecule has 1 rings (SSSR count). The number of nitrogens with zero attached hydrogens (tertiary/aromatic N) is 1. The van der Waals surface area contributed by atoms with E-state index < -0.39 is 0 Å². The predicted octanol–water partition coefficient (Wildman–Crippen LogP) is 2.60. The number of carbonyl (C=O) groups excluding carboxylic acids is 1. The molecular weight excluding hydrogens is 248 g/mol. The van der Waals surface area contributed by atoms with Gasteiger partial charge in [-0.15, -0.1) is 0 Å². The molecular formula is C14H21ClN2O. The lowest BCUT2D eigenvalue weighted by Crippen LogP contribution is -2.42. The van der Waals surface area contributed by atoms with Gasteiger partial charge in [0.25, 0.3) is 0 Å². The minimum atomic E-state index is -0.185. The summed E-state index contributed by atoms with van der Waals surface area (Å²) in [6, 6.07) is 5.76. The van der Waals surface area contributed by atoms with E-state index in [0.717, 1.165) is 22.7 Å². The normalized spacial score (nSPS) is 12.3. The Morgan fingerprint density at radius 3 is 2.72 bits per heavy atom. The van der Waals surface area contributed by atoms with Crippen LogP contribution in [0, 0.1) is 6.92 Å². The van der Waals surface area contributed by atoms with Gasteiger partial charge in [0, 0.05) is 25.2 Å². The van der Waals surface area contributed by atoms with Gasteiger partial charge in [0.1, 0.15) is 0 Å². The highest BCUT2D eigenvalue weighted by molar-refractivity contribution is 6.31. The van der Waals surface area contributed by atoms with Crippen LogP contribution in [0.3, 0.4) is 0 Å². The zero-order valence-electron chi connectivity index (χ0n) is 11.5. The molecule has 1 amide bonds. The highest BCUT2D eigenvalue weighted by Gasteiger charge is 2.15. The van der Waals surface area contributed by atoms with Crippen LogP contribution in [0.4, 0.5) is 0 Å². The smallest absolute Gasteiger partial charge is 0.239 e. The number of hydrogen-bond acceptors (Lipinski definition) is 2. The Balaban J connectivity index is 2.54. The number of amides is 1. The first-order valence-electron chi connectivity index (χ1n) is 6.19. The lowest BCUT2D eigenvalue weighted by molar-refractivity contribution is -0.131. The maximum Gasteiger partial charge on any atom is 0.239 e. The van der Waals surface area contributed by atoms with Crippen LogP contribution in [0.25, 0.3) is 0 Å². The Morgan fingerprint density at radius 2 is 2.17 bits per heavy atom. The molecule has 1 atom stereocenters. The fourth-order valence-corrected chi connectivity index (χ4v) is 1.79. The van der Waals surface area contributed by atoms with Crippen molar-refractivity contribution in [1.82, 2.24) is 10.2 Å². The summed E-state index contributed by atoms with van der Waals surface area (Å²) < 4.78 is 0. The van der Waals surface area contributed by atoms with E-state index in [1.807, 2.05) is 46.0 Å². The van der Waals surface area contributed by atoms with Gasteiger partial charge >= 0.3 is 0 Å². The van der Waals surface area contributed by atoms with Gasteiger partial charge in [0.15, 0.2) is 0 Å². The first-order valence-corrected chi connectivity index (χ1v) is 6.57. The second-order valence-electron chi connectivity index (χ2n) is 4.54. The van der Waals surface area contributed by atoms with Crippen molar-refractivity contribution < 1.29 is 4.79 Å². The second-order valence-corrected chi connectivity index (χ2v) is 4.95. The van der Waals surface area contributed by atoms with Crippen molar-refractivity contribution in [3.05, 3.63) is 34.3 Å². The maximum atomic E-state index is 11.9. The zero-order chi connectivity index (χ0) is 13.7. The van der Waals surface area contributed by atoms with Gasteiger partial charge in [-0.2, -0.15) is 0 Å². The minimum Gasteiger partial charge on any atom is -0.345 e. The van der Waals surface area contributed by atoms with E-state index in [-0.39, 0.29) is 11.9 Å². The molecule has 3 nitrogen and oxygen atoms in total. The summed E-state index contributed by atoms with van der Waals surface area (Å²) in [6.07, 6.45) is 0. The largest absolute Gasteiger partial charge is 0.345 e. The number of halogens is 1. The molecule has 0 heterocycles. The molecule has 1 unspecified atom stereocenters. The van der Waals surface area contributed by atoms with Crippen molar-refractivity contribution in [1.29, 1.82) is 0 Å². The Labute approximate surface area is 114 Å². The van der Waals surface area contributed by atoms with Gasteiger partial charge in [-0.05, 0) is 38.0 Å². The van der Waals surface area contributed by atoms with Gasteiger partial charge in [0.05, 0.1) is 6.04 Å². The third-order valence-electron chi connectivity index (χ3n) is 3.07. The fourth-order valence-electron chi connectivity index (χ4n) is 1.59. The molecule has 1 N–H and O–H groups in total. The number of benzene rings is 1. The number of hydrogen-bond donors (Lipinski definition) is 1. The van der Waals surface area contributed by atoms with Crippen LogP contribution in [0.2, 0.25) is 5.02 Å². The SMILES string of the molecule is CCN(C)C(=O)C(C)NCc1ccc(C)c(Cl)c1. The molecule has 0 aliphatic carbocycles. The Bertz CT molecular complexity index is 420. The van der Waals surface area contributed by atoms with E-state index in [0.29, 0.717) is 6.54 Å². The molecule has 1 aromatic carbocycles. The van der Waals surface area contributed by atoms with Crippen LogP contribution in [-0.4, -0.2) is 30.4 Å². The highest BCUT2D eigenvalue weighted by Crippen LogP contribution is 2.16. The number of likely N-dealkylation sites (N-methyl/N-ethyl adjacent to an activating group) is 1. The summed E-state index contributed by atoms with van der Waals surface area (Å²) in [4.78, 5) is 13.6. The fraction of sp³-hybridized carbons (Fsp3) is 0.500. The summed E-state index contributed by atoms with van der Waals surface area (Å²) in [5, 5.41) is 3.97. The van der Waals surface area contributed by atoms with Crippen LogP contribution in [0.5, 0.6) is 0 Å². The van der Waals surface area contributed by atoms with E-state index >= 15 is 0 Å². The highest BCUT2D eigenvalue weighted by atomic mass is 35.5. The van der Waals surface area contributed by atoms with E-state index in [9.17, 15) is 4.79 Å². The van der Waals surface area contributed by atoms with Crippen molar-refractivity contribution in [2.75, 3.05) is 13.6 Å². The zero-order valence-corrected chi connectivity index (χ0v) is 12.2. The lowest BCUT2D eigenvalue weighted by Gasteiger charge is -2.20. The molecule has 0 saturated carbocycles. The van der Waals surface area contributed by atoms with Crippen LogP contribution >= 0.6 is 11.6 Å². The van der Waals surface area contributed by atoms with Crippen LogP contribution < -0.4 is 5.32 Å². The van der Waals surface area contributed by atoms with Crippen molar-refractivity contribution in [2.24, 2.45) is 0 Å². The molecule has 100 valence electrons. The number of aryl methyl sites for hydroxylation is 1. The molecule has 1 aromatic rings. The molecule has 0 bridgehead atoms. The summed E-state index contributed by atoms with van der Waals surface area (Å²) in [6.45, 7) is 7.18. The van der Waals surface area contributed by atoms with Gasteiger partial charge < -0.3 is 10.2 Å². The number of carbonyl (C=O) groups is 1. The first-order chi connectivity index (χ1) is 8.45. The molecule has 0 aromatic heterocycles. The van der Waals surface area contributed by atoms with Gasteiger partial charge in [-0.1, -0.05) is 23.7 Å². The summed E-state index contributed by atoms with van der Waals surface area (Å²) >= 11 is 6.06. The first kappa shape index (κ1) is 15.0. The van der Waals surface area contributed by atoms with Crippen molar-refractivity contribution in [3.63, 3.8) is 0 Å². The van der Waals surface area contributed by atoms with E-state index in [1.165, 1.54) is 0 Å². The molecule has 0 aliphatic rings. The van der Waals surface area contributed by atoms with E-state index in [1.54, 1.807) is 4.90 Å².